The van der Waals surface area contributed by atoms with E-state index in [0.717, 1.165) is 26.3 Å². The maximum atomic E-state index is 5.91. The van der Waals surface area contributed by atoms with Gasteiger partial charge >= 0.3 is 0 Å². The van der Waals surface area contributed by atoms with Crippen molar-refractivity contribution >= 4 is 0 Å². The average Bonchev–Trinajstić information content (AvgIpc) is 2.19. The Morgan fingerprint density at radius 1 is 1.15 bits per heavy atom. The van der Waals surface area contributed by atoms with E-state index in [9.17, 15) is 0 Å². The third kappa shape index (κ3) is 2.42. The van der Waals surface area contributed by atoms with Crippen LogP contribution in [0.15, 0.2) is 0 Å². The highest BCUT2D eigenvalue weighted by atomic mass is 16.5. The smallest absolute Gasteiger partial charge is 0.0733 e. The van der Waals surface area contributed by atoms with Gasteiger partial charge in [0.15, 0.2) is 0 Å². The number of hydrogen-bond donors (Lipinski definition) is 1. The molecule has 2 fully saturated rings. The lowest BCUT2D eigenvalue weighted by Gasteiger charge is -2.36. The zero-order valence-corrected chi connectivity index (χ0v) is 8.29. The highest BCUT2D eigenvalue weighted by Gasteiger charge is 2.28. The molecule has 2 saturated heterocycles. The molecular formula is C10H19NO2. The van der Waals surface area contributed by atoms with E-state index < -0.39 is 0 Å². The number of ether oxygens (including phenoxy) is 2. The molecule has 0 aromatic carbocycles. The summed E-state index contributed by atoms with van der Waals surface area (Å²) in [6.07, 6.45) is 3.13. The van der Waals surface area contributed by atoms with Gasteiger partial charge in [0, 0.05) is 26.3 Å². The van der Waals surface area contributed by atoms with Crippen LogP contribution in [0.3, 0.4) is 0 Å². The van der Waals surface area contributed by atoms with Gasteiger partial charge in [-0.15, -0.1) is 0 Å². The normalized spacial score (nSPS) is 37.6. The van der Waals surface area contributed by atoms with Gasteiger partial charge < -0.3 is 14.8 Å². The molecule has 2 heterocycles. The van der Waals surface area contributed by atoms with Crippen molar-refractivity contribution in [3.8, 4) is 0 Å². The molecule has 2 aliphatic heterocycles. The molecule has 2 aliphatic rings. The third-order valence-corrected chi connectivity index (χ3v) is 2.98. The first-order valence-electron chi connectivity index (χ1n) is 5.30. The topological polar surface area (TPSA) is 30.5 Å². The van der Waals surface area contributed by atoms with Crippen LogP contribution >= 0.6 is 0 Å². The van der Waals surface area contributed by atoms with Crippen LogP contribution in [0.2, 0.25) is 0 Å². The molecule has 13 heavy (non-hydrogen) atoms. The largest absolute Gasteiger partial charge is 0.381 e. The molecule has 0 saturated carbocycles. The zero-order valence-electron chi connectivity index (χ0n) is 8.29. The summed E-state index contributed by atoms with van der Waals surface area (Å²) in [4.78, 5) is 0. The SMILES string of the molecule is CC1CNCC(C2CCOCC2)O1. The van der Waals surface area contributed by atoms with Crippen LogP contribution in [0.1, 0.15) is 19.8 Å². The second-order valence-electron chi connectivity index (χ2n) is 4.09. The van der Waals surface area contributed by atoms with Crippen molar-refractivity contribution in [1.29, 1.82) is 0 Å². The Morgan fingerprint density at radius 2 is 1.92 bits per heavy atom. The lowest BCUT2D eigenvalue weighted by molar-refractivity contribution is -0.0809. The predicted molar refractivity (Wildman–Crippen MR) is 50.7 cm³/mol. The molecule has 0 aromatic heterocycles. The van der Waals surface area contributed by atoms with E-state index in [1.165, 1.54) is 12.8 Å². The molecule has 0 amide bonds. The van der Waals surface area contributed by atoms with Gasteiger partial charge in [-0.3, -0.25) is 0 Å². The fourth-order valence-electron chi connectivity index (χ4n) is 2.19. The van der Waals surface area contributed by atoms with Crippen LogP contribution in [0.25, 0.3) is 0 Å². The van der Waals surface area contributed by atoms with Crippen molar-refractivity contribution in [2.75, 3.05) is 26.3 Å². The average molecular weight is 185 g/mol. The summed E-state index contributed by atoms with van der Waals surface area (Å²) >= 11 is 0. The van der Waals surface area contributed by atoms with E-state index in [4.69, 9.17) is 9.47 Å². The van der Waals surface area contributed by atoms with E-state index in [1.54, 1.807) is 0 Å². The number of morpholine rings is 1. The highest BCUT2D eigenvalue weighted by Crippen LogP contribution is 2.23. The van der Waals surface area contributed by atoms with Gasteiger partial charge in [-0.2, -0.15) is 0 Å². The van der Waals surface area contributed by atoms with Crippen molar-refractivity contribution < 1.29 is 9.47 Å². The predicted octanol–water partition coefficient (Wildman–Crippen LogP) is 0.790. The lowest BCUT2D eigenvalue weighted by Crippen LogP contribution is -2.47. The summed E-state index contributed by atoms with van der Waals surface area (Å²) in [5, 5.41) is 3.42. The Hall–Kier alpha value is -0.120. The molecule has 0 aromatic rings. The zero-order chi connectivity index (χ0) is 9.10. The minimum atomic E-state index is 0.376. The molecule has 2 rings (SSSR count). The summed E-state index contributed by atoms with van der Waals surface area (Å²) in [5.41, 5.74) is 0. The number of nitrogens with one attached hydrogen (secondary N) is 1. The Bertz CT molecular complexity index is 157. The van der Waals surface area contributed by atoms with E-state index in [1.807, 2.05) is 0 Å². The molecule has 0 aliphatic carbocycles. The van der Waals surface area contributed by atoms with E-state index in [0.29, 0.717) is 18.1 Å². The van der Waals surface area contributed by atoms with E-state index in [2.05, 4.69) is 12.2 Å². The monoisotopic (exact) mass is 185 g/mol. The Morgan fingerprint density at radius 3 is 2.62 bits per heavy atom. The minimum Gasteiger partial charge on any atom is -0.381 e. The summed E-state index contributed by atoms with van der Waals surface area (Å²) in [6.45, 7) is 5.99. The van der Waals surface area contributed by atoms with Crippen molar-refractivity contribution in [1.82, 2.24) is 5.32 Å². The highest BCUT2D eigenvalue weighted by molar-refractivity contribution is 4.79. The second kappa shape index (κ2) is 4.40. The minimum absolute atomic E-state index is 0.376. The first-order chi connectivity index (χ1) is 6.36. The van der Waals surface area contributed by atoms with Crippen molar-refractivity contribution in [2.24, 2.45) is 5.92 Å². The fourth-order valence-corrected chi connectivity index (χ4v) is 2.19. The van der Waals surface area contributed by atoms with Gasteiger partial charge in [0.1, 0.15) is 0 Å². The Labute approximate surface area is 79.8 Å². The first-order valence-corrected chi connectivity index (χ1v) is 5.30. The molecule has 2 atom stereocenters. The number of hydrogen-bond acceptors (Lipinski definition) is 3. The van der Waals surface area contributed by atoms with Crippen molar-refractivity contribution in [3.63, 3.8) is 0 Å². The standard InChI is InChI=1S/C10H19NO2/c1-8-6-11-7-10(13-8)9-2-4-12-5-3-9/h8-11H,2-7H2,1H3. The van der Waals surface area contributed by atoms with Gasteiger partial charge in [0.2, 0.25) is 0 Å². The third-order valence-electron chi connectivity index (χ3n) is 2.98. The molecule has 3 heteroatoms. The van der Waals surface area contributed by atoms with Gasteiger partial charge in [-0.1, -0.05) is 0 Å². The molecule has 3 nitrogen and oxygen atoms in total. The summed E-state index contributed by atoms with van der Waals surface area (Å²) < 4.78 is 11.2. The second-order valence-corrected chi connectivity index (χ2v) is 4.09. The van der Waals surface area contributed by atoms with E-state index in [-0.39, 0.29) is 0 Å². The molecule has 0 radical (unpaired) electrons. The van der Waals surface area contributed by atoms with Gasteiger partial charge in [-0.05, 0) is 25.7 Å². The van der Waals surface area contributed by atoms with Crippen molar-refractivity contribution in [3.05, 3.63) is 0 Å². The van der Waals surface area contributed by atoms with Crippen LogP contribution in [0.5, 0.6) is 0 Å². The molecule has 2 unspecified atom stereocenters. The number of rotatable bonds is 1. The maximum absolute atomic E-state index is 5.91. The van der Waals surface area contributed by atoms with Crippen LogP contribution in [-0.4, -0.2) is 38.5 Å². The van der Waals surface area contributed by atoms with E-state index >= 15 is 0 Å². The Kier molecular flexibility index (Phi) is 3.19. The fraction of sp³-hybridized carbons (Fsp3) is 1.00. The van der Waals surface area contributed by atoms with Gasteiger partial charge in [0.05, 0.1) is 12.2 Å². The lowest BCUT2D eigenvalue weighted by atomic mass is 9.93. The quantitative estimate of drug-likeness (QED) is 0.655. The molecule has 1 N–H and O–H groups in total. The molecule has 0 bridgehead atoms. The Balaban J connectivity index is 1.83. The summed E-state index contributed by atoms with van der Waals surface area (Å²) in [7, 11) is 0. The molecular weight excluding hydrogens is 166 g/mol. The first kappa shape index (κ1) is 9.44. The summed E-state index contributed by atoms with van der Waals surface area (Å²) in [5.74, 6) is 0.712. The van der Waals surface area contributed by atoms with Crippen LogP contribution in [0, 0.1) is 5.92 Å². The van der Waals surface area contributed by atoms with Crippen molar-refractivity contribution in [2.45, 2.75) is 32.0 Å². The maximum Gasteiger partial charge on any atom is 0.0733 e. The van der Waals surface area contributed by atoms with Crippen LogP contribution in [-0.2, 0) is 9.47 Å². The van der Waals surface area contributed by atoms with Crippen LogP contribution < -0.4 is 5.32 Å². The molecule has 0 spiro atoms. The summed E-state index contributed by atoms with van der Waals surface area (Å²) in [6, 6.07) is 0. The van der Waals surface area contributed by atoms with Gasteiger partial charge in [0.25, 0.3) is 0 Å². The van der Waals surface area contributed by atoms with Gasteiger partial charge in [-0.25, -0.2) is 0 Å². The van der Waals surface area contributed by atoms with Crippen LogP contribution in [0.4, 0.5) is 0 Å². The molecule has 76 valence electrons.